The fourth-order valence-corrected chi connectivity index (χ4v) is 1.21. The summed E-state index contributed by atoms with van der Waals surface area (Å²) in [6, 6.07) is 0. The summed E-state index contributed by atoms with van der Waals surface area (Å²) in [5.74, 6) is 0. The highest BCUT2D eigenvalue weighted by atomic mass is 16.7. The van der Waals surface area contributed by atoms with Crippen LogP contribution in [-0.2, 0) is 9.31 Å². The summed E-state index contributed by atoms with van der Waals surface area (Å²) in [4.78, 5) is 0. The van der Waals surface area contributed by atoms with Gasteiger partial charge in [-0.05, 0) is 47.0 Å². The highest BCUT2D eigenvalue weighted by molar-refractivity contribution is 6.54. The number of hydrogen-bond donors (Lipinski definition) is 1. The fraction of sp³-hybridized carbons (Fsp3) is 0.800. The highest BCUT2D eigenvalue weighted by Gasteiger charge is 2.51. The number of hydrogen-bond acceptors (Lipinski definition) is 3. The van der Waals surface area contributed by atoms with Gasteiger partial charge in [0.15, 0.2) is 0 Å². The van der Waals surface area contributed by atoms with Gasteiger partial charge >= 0.3 is 7.12 Å². The quantitative estimate of drug-likeness (QED) is 0.652. The van der Waals surface area contributed by atoms with Crippen molar-refractivity contribution in [2.24, 2.45) is 5.73 Å². The molecule has 1 rings (SSSR count). The topological polar surface area (TPSA) is 44.5 Å². The first-order valence-corrected chi connectivity index (χ1v) is 4.96. The van der Waals surface area contributed by atoms with E-state index in [1.807, 2.05) is 41.5 Å². The van der Waals surface area contributed by atoms with Crippen molar-refractivity contribution in [3.63, 3.8) is 0 Å². The first-order chi connectivity index (χ1) is 6.17. The van der Waals surface area contributed by atoms with E-state index < -0.39 is 0 Å². The third kappa shape index (κ3) is 1.81. The zero-order valence-electron chi connectivity index (χ0n) is 9.97. The van der Waals surface area contributed by atoms with Crippen molar-refractivity contribution < 1.29 is 9.31 Å². The lowest BCUT2D eigenvalue weighted by atomic mass is 9.78. The molecule has 0 radical (unpaired) electrons. The third-order valence-electron chi connectivity index (χ3n) is 3.23. The molecule has 1 aliphatic heterocycles. The molecule has 1 heterocycles. The summed E-state index contributed by atoms with van der Waals surface area (Å²) in [6.45, 7) is 11.9. The molecule has 2 N–H and O–H groups in total. The molecule has 0 atom stereocenters. The van der Waals surface area contributed by atoms with Crippen LogP contribution in [-0.4, -0.2) is 18.3 Å². The third-order valence-corrected chi connectivity index (χ3v) is 3.23. The first kappa shape index (κ1) is 11.6. The Morgan fingerprint density at radius 2 is 1.36 bits per heavy atom. The SMILES string of the molecule is C/C(N)=C(\C)B1OC(C)(C)C(C)(C)O1. The maximum Gasteiger partial charge on any atom is 0.492 e. The number of nitrogens with two attached hydrogens (primary N) is 1. The number of rotatable bonds is 1. The second-order valence-corrected chi connectivity index (χ2v) is 4.95. The van der Waals surface area contributed by atoms with Crippen LogP contribution >= 0.6 is 0 Å². The summed E-state index contributed by atoms with van der Waals surface area (Å²) in [5.41, 5.74) is 6.87. The molecule has 3 nitrogen and oxygen atoms in total. The van der Waals surface area contributed by atoms with Crippen LogP contribution in [0.15, 0.2) is 11.2 Å². The zero-order valence-corrected chi connectivity index (χ0v) is 9.97. The summed E-state index contributed by atoms with van der Waals surface area (Å²) in [7, 11) is -0.301. The molecule has 0 aromatic heterocycles. The number of allylic oxidation sites excluding steroid dienone is 2. The molecule has 0 amide bonds. The van der Waals surface area contributed by atoms with Gasteiger partial charge in [0.2, 0.25) is 0 Å². The van der Waals surface area contributed by atoms with Crippen molar-refractivity contribution in [3.8, 4) is 0 Å². The van der Waals surface area contributed by atoms with Crippen molar-refractivity contribution in [2.45, 2.75) is 52.7 Å². The maximum atomic E-state index is 5.83. The van der Waals surface area contributed by atoms with Gasteiger partial charge in [-0.1, -0.05) is 0 Å². The van der Waals surface area contributed by atoms with Gasteiger partial charge in [-0.3, -0.25) is 0 Å². The average molecular weight is 197 g/mol. The Labute approximate surface area is 86.8 Å². The van der Waals surface area contributed by atoms with E-state index in [-0.39, 0.29) is 18.3 Å². The molecule has 0 spiro atoms. The van der Waals surface area contributed by atoms with Crippen LogP contribution < -0.4 is 5.73 Å². The molecule has 1 fully saturated rings. The van der Waals surface area contributed by atoms with Gasteiger partial charge in [-0.25, -0.2) is 0 Å². The van der Waals surface area contributed by atoms with Crippen LogP contribution in [0.25, 0.3) is 0 Å². The van der Waals surface area contributed by atoms with E-state index in [9.17, 15) is 0 Å². The van der Waals surface area contributed by atoms with Gasteiger partial charge in [0.05, 0.1) is 11.2 Å². The lowest BCUT2D eigenvalue weighted by molar-refractivity contribution is 0.00578. The minimum atomic E-state index is -0.301. The summed E-state index contributed by atoms with van der Waals surface area (Å²) in [6.07, 6.45) is 0. The van der Waals surface area contributed by atoms with Gasteiger partial charge in [0, 0.05) is 5.70 Å². The van der Waals surface area contributed by atoms with Gasteiger partial charge in [0.1, 0.15) is 0 Å². The molecule has 4 heteroatoms. The summed E-state index contributed by atoms with van der Waals surface area (Å²) >= 11 is 0. The Morgan fingerprint density at radius 3 is 1.64 bits per heavy atom. The molecule has 1 saturated heterocycles. The second kappa shape index (κ2) is 3.28. The molecule has 0 bridgehead atoms. The van der Waals surface area contributed by atoms with E-state index in [1.54, 1.807) is 0 Å². The largest absolute Gasteiger partial charge is 0.492 e. The highest BCUT2D eigenvalue weighted by Crippen LogP contribution is 2.38. The van der Waals surface area contributed by atoms with Crippen LogP contribution in [0.4, 0.5) is 0 Å². The van der Waals surface area contributed by atoms with E-state index in [0.29, 0.717) is 0 Å². The van der Waals surface area contributed by atoms with E-state index in [1.165, 1.54) is 0 Å². The van der Waals surface area contributed by atoms with E-state index >= 15 is 0 Å². The van der Waals surface area contributed by atoms with E-state index in [2.05, 4.69) is 0 Å². The Morgan fingerprint density at radius 1 is 1.00 bits per heavy atom. The van der Waals surface area contributed by atoms with Crippen molar-refractivity contribution in [1.29, 1.82) is 0 Å². The summed E-state index contributed by atoms with van der Waals surface area (Å²) < 4.78 is 11.7. The van der Waals surface area contributed by atoms with Gasteiger partial charge in [-0.15, -0.1) is 0 Å². The fourth-order valence-electron chi connectivity index (χ4n) is 1.21. The van der Waals surface area contributed by atoms with Crippen LogP contribution in [0.1, 0.15) is 41.5 Å². The smallest absolute Gasteiger partial charge is 0.403 e. The summed E-state index contributed by atoms with van der Waals surface area (Å²) in [5, 5.41) is 0. The first-order valence-electron chi connectivity index (χ1n) is 4.96. The molecule has 0 unspecified atom stereocenters. The van der Waals surface area contributed by atoms with Gasteiger partial charge in [0.25, 0.3) is 0 Å². The van der Waals surface area contributed by atoms with Crippen molar-refractivity contribution in [1.82, 2.24) is 0 Å². The lowest BCUT2D eigenvalue weighted by Crippen LogP contribution is -2.41. The van der Waals surface area contributed by atoms with Crippen molar-refractivity contribution in [2.75, 3.05) is 0 Å². The minimum absolute atomic E-state index is 0.283. The van der Waals surface area contributed by atoms with Crippen LogP contribution in [0.3, 0.4) is 0 Å². The Balaban J connectivity index is 2.89. The molecular formula is C10H20BNO2. The van der Waals surface area contributed by atoms with E-state index in [4.69, 9.17) is 15.0 Å². The predicted octanol–water partition coefficient (Wildman–Crippen LogP) is 1.87. The monoisotopic (exact) mass is 197 g/mol. The molecule has 0 aromatic rings. The maximum absolute atomic E-state index is 5.83. The lowest BCUT2D eigenvalue weighted by Gasteiger charge is -2.32. The van der Waals surface area contributed by atoms with Crippen LogP contribution in [0.5, 0.6) is 0 Å². The molecule has 0 saturated carbocycles. The Hall–Kier alpha value is -0.475. The van der Waals surface area contributed by atoms with Crippen molar-refractivity contribution in [3.05, 3.63) is 11.2 Å². The molecule has 80 valence electrons. The second-order valence-electron chi connectivity index (χ2n) is 4.95. The molecular weight excluding hydrogens is 177 g/mol. The van der Waals surface area contributed by atoms with Gasteiger partial charge in [-0.2, -0.15) is 0 Å². The molecule has 1 aliphatic rings. The minimum Gasteiger partial charge on any atom is -0.403 e. The zero-order chi connectivity index (χ0) is 11.1. The van der Waals surface area contributed by atoms with E-state index in [0.717, 1.165) is 11.2 Å². The van der Waals surface area contributed by atoms with Crippen LogP contribution in [0, 0.1) is 0 Å². The molecule has 0 aliphatic carbocycles. The predicted molar refractivity (Wildman–Crippen MR) is 58.6 cm³/mol. The van der Waals surface area contributed by atoms with Gasteiger partial charge < -0.3 is 15.0 Å². The standard InChI is InChI=1S/C10H20BNO2/c1-7(8(2)12)11-13-9(3,4)10(5,6)14-11/h12H2,1-6H3/b8-7-. The van der Waals surface area contributed by atoms with Crippen molar-refractivity contribution >= 4 is 7.12 Å². The Bertz CT molecular complexity index is 251. The molecule has 14 heavy (non-hydrogen) atoms. The van der Waals surface area contributed by atoms with Crippen LogP contribution in [0.2, 0.25) is 0 Å². The molecule has 0 aromatic carbocycles. The Kier molecular flexibility index (Phi) is 2.72. The average Bonchev–Trinajstić information content (AvgIpc) is 2.20. The normalized spacial score (nSPS) is 26.3.